The Balaban J connectivity index is 1.52. The molecule has 0 aliphatic carbocycles. The zero-order valence-corrected chi connectivity index (χ0v) is 18.2. The Kier molecular flexibility index (Phi) is 6.95. The lowest BCUT2D eigenvalue weighted by Crippen LogP contribution is -2.44. The quantitative estimate of drug-likeness (QED) is 0.646. The Morgan fingerprint density at radius 2 is 1.88 bits per heavy atom. The van der Waals surface area contributed by atoms with E-state index in [1.54, 1.807) is 24.1 Å². The molecule has 0 N–H and O–H groups in total. The van der Waals surface area contributed by atoms with E-state index in [2.05, 4.69) is 5.10 Å². The molecular weight excluding hydrogens is 409 g/mol. The molecule has 0 bridgehead atoms. The van der Waals surface area contributed by atoms with Crippen LogP contribution in [0.15, 0.2) is 59.7 Å². The van der Waals surface area contributed by atoms with Gasteiger partial charge in [0.25, 0.3) is 5.91 Å². The number of hydrazone groups is 1. The van der Waals surface area contributed by atoms with E-state index in [0.29, 0.717) is 19.6 Å². The monoisotopic (exact) mass is 437 g/mol. The average molecular weight is 438 g/mol. The first-order valence-corrected chi connectivity index (χ1v) is 11.1. The smallest absolute Gasteiger partial charge is 0.310 e. The summed E-state index contributed by atoms with van der Waals surface area (Å²) in [5.41, 5.74) is 2.57. The van der Waals surface area contributed by atoms with Gasteiger partial charge in [0.1, 0.15) is 5.82 Å². The third-order valence-electron chi connectivity index (χ3n) is 6.01. The highest BCUT2D eigenvalue weighted by Crippen LogP contribution is 2.33. The molecule has 168 valence electrons. The molecule has 1 amide bonds. The predicted molar refractivity (Wildman–Crippen MR) is 119 cm³/mol. The van der Waals surface area contributed by atoms with E-state index in [1.807, 2.05) is 35.2 Å². The van der Waals surface area contributed by atoms with Crippen LogP contribution >= 0.6 is 0 Å². The van der Waals surface area contributed by atoms with E-state index >= 15 is 0 Å². The molecule has 1 fully saturated rings. The Morgan fingerprint density at radius 1 is 1.12 bits per heavy atom. The van der Waals surface area contributed by atoms with Crippen molar-refractivity contribution in [2.75, 3.05) is 26.2 Å². The summed E-state index contributed by atoms with van der Waals surface area (Å²) in [6.07, 6.45) is 2.20. The molecule has 1 saturated heterocycles. The number of carbonyl (C=O) groups excluding carboxylic acids is 2. The standard InChI is InChI=1S/C25H28FN3O3/c1-2-32-25(31)20-9-6-14-28(16-20)17-24(30)29-23(19-7-4-3-5-8-19)15-22(27-29)18-10-12-21(26)13-11-18/h3-5,7-8,10-13,20,23H,2,6,9,14-17H2,1H3/t20-,23-/m1/s1. The third-order valence-corrected chi connectivity index (χ3v) is 6.01. The largest absolute Gasteiger partial charge is 0.466 e. The van der Waals surface area contributed by atoms with Crippen LogP contribution < -0.4 is 0 Å². The van der Waals surface area contributed by atoms with Gasteiger partial charge in [-0.2, -0.15) is 5.10 Å². The van der Waals surface area contributed by atoms with E-state index in [-0.39, 0.29) is 36.2 Å². The van der Waals surface area contributed by atoms with Gasteiger partial charge in [0, 0.05) is 13.0 Å². The summed E-state index contributed by atoms with van der Waals surface area (Å²) in [7, 11) is 0. The maximum atomic E-state index is 13.4. The number of hydrogen-bond acceptors (Lipinski definition) is 5. The number of halogens is 1. The number of likely N-dealkylation sites (tertiary alicyclic amines) is 1. The molecule has 0 saturated carbocycles. The van der Waals surface area contributed by atoms with Crippen LogP contribution in [0.3, 0.4) is 0 Å². The normalized spacial score (nSPS) is 21.3. The fourth-order valence-electron chi connectivity index (χ4n) is 4.41. The highest BCUT2D eigenvalue weighted by atomic mass is 19.1. The first-order chi connectivity index (χ1) is 15.5. The van der Waals surface area contributed by atoms with Crippen molar-refractivity contribution in [1.82, 2.24) is 9.91 Å². The lowest BCUT2D eigenvalue weighted by molar-refractivity contribution is -0.150. The molecule has 2 aliphatic rings. The van der Waals surface area contributed by atoms with E-state index in [0.717, 1.165) is 36.2 Å². The SMILES string of the molecule is CCOC(=O)[C@@H]1CCCN(CC(=O)N2N=C(c3ccc(F)cc3)C[C@@H]2c2ccccc2)C1. The maximum Gasteiger partial charge on any atom is 0.310 e. The summed E-state index contributed by atoms with van der Waals surface area (Å²) in [5, 5.41) is 6.21. The van der Waals surface area contributed by atoms with Crippen LogP contribution in [0.1, 0.15) is 43.4 Å². The second kappa shape index (κ2) is 10.0. The van der Waals surface area contributed by atoms with Crippen molar-refractivity contribution in [2.45, 2.75) is 32.2 Å². The maximum absolute atomic E-state index is 13.4. The molecule has 2 heterocycles. The van der Waals surface area contributed by atoms with Crippen LogP contribution in [-0.2, 0) is 14.3 Å². The van der Waals surface area contributed by atoms with Gasteiger partial charge in [-0.15, -0.1) is 0 Å². The van der Waals surface area contributed by atoms with Gasteiger partial charge in [0.05, 0.1) is 30.8 Å². The Labute approximate surface area is 187 Å². The van der Waals surface area contributed by atoms with Gasteiger partial charge in [-0.25, -0.2) is 9.40 Å². The summed E-state index contributed by atoms with van der Waals surface area (Å²) >= 11 is 0. The van der Waals surface area contributed by atoms with Crippen LogP contribution in [0.4, 0.5) is 4.39 Å². The molecule has 4 rings (SSSR count). The van der Waals surface area contributed by atoms with Gasteiger partial charge in [0.15, 0.2) is 0 Å². The summed E-state index contributed by atoms with van der Waals surface area (Å²) < 4.78 is 18.5. The molecule has 0 aromatic heterocycles. The molecule has 0 spiro atoms. The fourth-order valence-corrected chi connectivity index (χ4v) is 4.41. The lowest BCUT2D eigenvalue weighted by Gasteiger charge is -2.32. The zero-order valence-electron chi connectivity index (χ0n) is 18.2. The van der Waals surface area contributed by atoms with Crippen molar-refractivity contribution >= 4 is 17.6 Å². The minimum Gasteiger partial charge on any atom is -0.466 e. The fraction of sp³-hybridized carbons (Fsp3) is 0.400. The summed E-state index contributed by atoms with van der Waals surface area (Å²) in [5.74, 6) is -0.801. The number of amides is 1. The molecular formula is C25H28FN3O3. The molecule has 2 aromatic carbocycles. The van der Waals surface area contributed by atoms with Gasteiger partial charge in [-0.3, -0.25) is 14.5 Å². The highest BCUT2D eigenvalue weighted by Gasteiger charge is 2.35. The number of rotatable bonds is 6. The molecule has 7 heteroatoms. The van der Waals surface area contributed by atoms with Crippen molar-refractivity contribution in [3.8, 4) is 0 Å². The van der Waals surface area contributed by atoms with E-state index in [4.69, 9.17) is 4.74 Å². The van der Waals surface area contributed by atoms with Crippen LogP contribution in [0, 0.1) is 11.7 Å². The predicted octanol–water partition coefficient (Wildman–Crippen LogP) is 3.78. The zero-order chi connectivity index (χ0) is 22.5. The number of benzene rings is 2. The number of ether oxygens (including phenoxy) is 1. The molecule has 2 aliphatic heterocycles. The van der Waals surface area contributed by atoms with E-state index in [9.17, 15) is 14.0 Å². The van der Waals surface area contributed by atoms with Gasteiger partial charge < -0.3 is 4.74 Å². The van der Waals surface area contributed by atoms with Gasteiger partial charge >= 0.3 is 5.97 Å². The minimum atomic E-state index is -0.304. The number of hydrogen-bond donors (Lipinski definition) is 0. The summed E-state index contributed by atoms with van der Waals surface area (Å²) in [6, 6.07) is 15.8. The van der Waals surface area contributed by atoms with Gasteiger partial charge in [0.2, 0.25) is 0 Å². The van der Waals surface area contributed by atoms with Crippen LogP contribution in [0.2, 0.25) is 0 Å². The molecule has 0 radical (unpaired) electrons. The average Bonchev–Trinajstić information content (AvgIpc) is 3.26. The number of carbonyl (C=O) groups is 2. The van der Waals surface area contributed by atoms with Crippen LogP contribution in [0.25, 0.3) is 0 Å². The van der Waals surface area contributed by atoms with E-state index in [1.165, 1.54) is 12.1 Å². The highest BCUT2D eigenvalue weighted by molar-refractivity contribution is 6.03. The second-order valence-electron chi connectivity index (χ2n) is 8.25. The summed E-state index contributed by atoms with van der Waals surface area (Å²) in [4.78, 5) is 27.5. The second-order valence-corrected chi connectivity index (χ2v) is 8.25. The molecule has 32 heavy (non-hydrogen) atoms. The molecule has 0 unspecified atom stereocenters. The summed E-state index contributed by atoms with van der Waals surface area (Å²) in [6.45, 7) is 3.64. The van der Waals surface area contributed by atoms with Crippen molar-refractivity contribution in [1.29, 1.82) is 0 Å². The van der Waals surface area contributed by atoms with Gasteiger partial charge in [-0.1, -0.05) is 42.5 Å². The third kappa shape index (κ3) is 5.05. The molecule has 6 nitrogen and oxygen atoms in total. The number of piperidine rings is 1. The Morgan fingerprint density at radius 3 is 2.59 bits per heavy atom. The number of nitrogens with zero attached hydrogens (tertiary/aromatic N) is 3. The Hall–Kier alpha value is -3.06. The van der Waals surface area contributed by atoms with Crippen molar-refractivity contribution in [3.63, 3.8) is 0 Å². The first kappa shape index (κ1) is 22.1. The minimum absolute atomic E-state index is 0.111. The van der Waals surface area contributed by atoms with Crippen molar-refractivity contribution in [3.05, 3.63) is 71.5 Å². The number of esters is 1. The topological polar surface area (TPSA) is 62.2 Å². The van der Waals surface area contributed by atoms with Crippen molar-refractivity contribution in [2.24, 2.45) is 11.0 Å². The van der Waals surface area contributed by atoms with E-state index < -0.39 is 0 Å². The molecule has 2 aromatic rings. The first-order valence-electron chi connectivity index (χ1n) is 11.1. The van der Waals surface area contributed by atoms with Crippen molar-refractivity contribution < 1.29 is 18.7 Å². The lowest BCUT2D eigenvalue weighted by atomic mass is 9.97. The van der Waals surface area contributed by atoms with Crippen LogP contribution in [0.5, 0.6) is 0 Å². The Bertz CT molecular complexity index is 978. The molecule has 2 atom stereocenters. The van der Waals surface area contributed by atoms with Crippen LogP contribution in [-0.4, -0.2) is 53.7 Å². The van der Waals surface area contributed by atoms with Gasteiger partial charge in [-0.05, 0) is 49.6 Å².